The molecule has 0 bridgehead atoms. The number of hydrogen-bond donors (Lipinski definition) is 1. The first kappa shape index (κ1) is 23.8. The Balaban J connectivity index is 1.70. The number of unbranched alkanes of at least 4 members (excludes halogenated alkanes) is 3. The van der Waals surface area contributed by atoms with Crippen LogP contribution in [0.5, 0.6) is 5.75 Å². The summed E-state index contributed by atoms with van der Waals surface area (Å²) in [6.45, 7) is 2.77. The van der Waals surface area contributed by atoms with Gasteiger partial charge in [-0.05, 0) is 43.5 Å². The molecule has 5 heteroatoms. The standard InChI is InChI=1S/C27H36N2O3/c1-3-4-5-13-20-32-25-19-12-10-17-23(25)26(30)28-24-18-11-9-16-22(24)27(31)29(2)21-14-7-6-8-15-21/h9-12,16-19,21H,3-8,13-15,20H2,1-2H3,(H,28,30). The number of carbonyl (C=O) groups excluding carboxylic acids is 2. The van der Waals surface area contributed by atoms with Gasteiger partial charge in [-0.1, -0.05) is 69.7 Å². The third-order valence-electron chi connectivity index (χ3n) is 6.24. The van der Waals surface area contributed by atoms with E-state index in [1.165, 1.54) is 19.3 Å². The van der Waals surface area contributed by atoms with Crippen LogP contribution in [-0.2, 0) is 0 Å². The molecule has 1 saturated carbocycles. The molecule has 1 aliphatic rings. The summed E-state index contributed by atoms with van der Waals surface area (Å²) in [5, 5.41) is 2.95. The summed E-state index contributed by atoms with van der Waals surface area (Å²) in [5.41, 5.74) is 1.53. The van der Waals surface area contributed by atoms with E-state index < -0.39 is 0 Å². The van der Waals surface area contributed by atoms with Crippen molar-refractivity contribution in [3.63, 3.8) is 0 Å². The second-order valence-corrected chi connectivity index (χ2v) is 8.61. The first-order valence-corrected chi connectivity index (χ1v) is 12.0. The summed E-state index contributed by atoms with van der Waals surface area (Å²) in [6.07, 6.45) is 10.1. The van der Waals surface area contributed by atoms with Crippen LogP contribution >= 0.6 is 0 Å². The average Bonchev–Trinajstić information content (AvgIpc) is 2.84. The Morgan fingerprint density at radius 1 is 0.938 bits per heavy atom. The lowest BCUT2D eigenvalue weighted by Crippen LogP contribution is -2.38. The predicted octanol–water partition coefficient (Wildman–Crippen LogP) is 6.30. The van der Waals surface area contributed by atoms with Crippen LogP contribution in [-0.4, -0.2) is 36.4 Å². The normalized spacial score (nSPS) is 14.1. The summed E-state index contributed by atoms with van der Waals surface area (Å²) in [4.78, 5) is 28.2. The van der Waals surface area contributed by atoms with Gasteiger partial charge in [0.25, 0.3) is 11.8 Å². The first-order chi connectivity index (χ1) is 15.6. The van der Waals surface area contributed by atoms with E-state index >= 15 is 0 Å². The van der Waals surface area contributed by atoms with E-state index in [4.69, 9.17) is 4.74 Å². The van der Waals surface area contributed by atoms with Crippen molar-refractivity contribution in [2.45, 2.75) is 70.8 Å². The van der Waals surface area contributed by atoms with Crippen molar-refractivity contribution in [3.05, 3.63) is 59.7 Å². The first-order valence-electron chi connectivity index (χ1n) is 12.0. The van der Waals surface area contributed by atoms with E-state index in [1.54, 1.807) is 18.2 Å². The lowest BCUT2D eigenvalue weighted by molar-refractivity contribution is 0.0697. The van der Waals surface area contributed by atoms with Gasteiger partial charge in [-0.25, -0.2) is 0 Å². The number of carbonyl (C=O) groups is 2. The number of para-hydroxylation sites is 2. The second-order valence-electron chi connectivity index (χ2n) is 8.61. The molecule has 0 radical (unpaired) electrons. The van der Waals surface area contributed by atoms with Crippen molar-refractivity contribution in [3.8, 4) is 5.75 Å². The predicted molar refractivity (Wildman–Crippen MR) is 129 cm³/mol. The number of nitrogens with one attached hydrogen (secondary N) is 1. The summed E-state index contributed by atoms with van der Waals surface area (Å²) in [5.74, 6) is 0.257. The van der Waals surface area contributed by atoms with Crippen molar-refractivity contribution in [2.75, 3.05) is 19.0 Å². The highest BCUT2D eigenvalue weighted by Gasteiger charge is 2.25. The molecule has 1 aliphatic carbocycles. The second kappa shape index (κ2) is 12.3. The minimum atomic E-state index is -0.269. The molecule has 172 valence electrons. The molecule has 32 heavy (non-hydrogen) atoms. The van der Waals surface area contributed by atoms with Gasteiger partial charge in [0, 0.05) is 13.1 Å². The molecule has 1 N–H and O–H groups in total. The largest absolute Gasteiger partial charge is 0.493 e. The van der Waals surface area contributed by atoms with Gasteiger partial charge in [0.2, 0.25) is 0 Å². The summed E-state index contributed by atoms with van der Waals surface area (Å²) in [7, 11) is 1.87. The lowest BCUT2D eigenvalue weighted by Gasteiger charge is -2.31. The molecule has 2 amide bonds. The smallest absolute Gasteiger partial charge is 0.259 e. The van der Waals surface area contributed by atoms with E-state index in [0.29, 0.717) is 29.2 Å². The van der Waals surface area contributed by atoms with E-state index in [9.17, 15) is 9.59 Å². The Labute approximate surface area is 192 Å². The van der Waals surface area contributed by atoms with Crippen LogP contribution in [0.1, 0.15) is 85.4 Å². The summed E-state index contributed by atoms with van der Waals surface area (Å²) in [6, 6.07) is 14.8. The van der Waals surface area contributed by atoms with E-state index in [1.807, 2.05) is 42.3 Å². The highest BCUT2D eigenvalue weighted by Crippen LogP contribution is 2.26. The molecule has 2 aromatic carbocycles. The number of rotatable bonds is 10. The minimum absolute atomic E-state index is 0.0479. The van der Waals surface area contributed by atoms with Gasteiger partial charge in [-0.15, -0.1) is 0 Å². The zero-order valence-electron chi connectivity index (χ0n) is 19.4. The Kier molecular flexibility index (Phi) is 9.14. The van der Waals surface area contributed by atoms with Crippen molar-refractivity contribution in [1.29, 1.82) is 0 Å². The molecule has 0 unspecified atom stereocenters. The van der Waals surface area contributed by atoms with Gasteiger partial charge in [-0.3, -0.25) is 9.59 Å². The van der Waals surface area contributed by atoms with Crippen LogP contribution in [0.2, 0.25) is 0 Å². The van der Waals surface area contributed by atoms with Crippen LogP contribution in [0, 0.1) is 0 Å². The number of nitrogens with zero attached hydrogens (tertiary/aromatic N) is 1. The maximum Gasteiger partial charge on any atom is 0.259 e. The minimum Gasteiger partial charge on any atom is -0.493 e. The lowest BCUT2D eigenvalue weighted by atomic mass is 9.94. The molecule has 0 heterocycles. The maximum absolute atomic E-state index is 13.2. The van der Waals surface area contributed by atoms with E-state index in [-0.39, 0.29) is 17.9 Å². The monoisotopic (exact) mass is 436 g/mol. The Bertz CT molecular complexity index is 890. The third kappa shape index (κ3) is 6.35. The van der Waals surface area contributed by atoms with E-state index in [0.717, 1.165) is 38.5 Å². The number of benzene rings is 2. The fourth-order valence-corrected chi connectivity index (χ4v) is 4.28. The molecule has 1 fully saturated rings. The molecule has 0 aromatic heterocycles. The van der Waals surface area contributed by atoms with Crippen molar-refractivity contribution >= 4 is 17.5 Å². The molecule has 0 spiro atoms. The van der Waals surface area contributed by atoms with Crippen molar-refractivity contribution in [2.24, 2.45) is 0 Å². The fourth-order valence-electron chi connectivity index (χ4n) is 4.28. The number of ether oxygens (including phenoxy) is 1. The highest BCUT2D eigenvalue weighted by molar-refractivity contribution is 6.10. The third-order valence-corrected chi connectivity index (χ3v) is 6.24. The van der Waals surface area contributed by atoms with Crippen molar-refractivity contribution < 1.29 is 14.3 Å². The fraction of sp³-hybridized carbons (Fsp3) is 0.481. The van der Waals surface area contributed by atoms with Crippen LogP contribution in [0.4, 0.5) is 5.69 Å². The van der Waals surface area contributed by atoms with Crippen LogP contribution < -0.4 is 10.1 Å². The number of anilines is 1. The number of amides is 2. The average molecular weight is 437 g/mol. The zero-order valence-corrected chi connectivity index (χ0v) is 19.4. The van der Waals surface area contributed by atoms with Crippen LogP contribution in [0.3, 0.4) is 0 Å². The molecule has 3 rings (SSSR count). The summed E-state index contributed by atoms with van der Waals surface area (Å²) < 4.78 is 5.90. The Morgan fingerprint density at radius 3 is 2.38 bits per heavy atom. The molecular weight excluding hydrogens is 400 g/mol. The Morgan fingerprint density at radius 2 is 1.62 bits per heavy atom. The highest BCUT2D eigenvalue weighted by atomic mass is 16.5. The number of hydrogen-bond acceptors (Lipinski definition) is 3. The van der Waals surface area contributed by atoms with Crippen LogP contribution in [0.25, 0.3) is 0 Å². The molecule has 5 nitrogen and oxygen atoms in total. The zero-order chi connectivity index (χ0) is 22.8. The molecular formula is C27H36N2O3. The SMILES string of the molecule is CCCCCCOc1ccccc1C(=O)Nc1ccccc1C(=O)N(C)C1CCCCC1. The molecule has 2 aromatic rings. The van der Waals surface area contributed by atoms with Gasteiger partial charge in [0.1, 0.15) is 5.75 Å². The van der Waals surface area contributed by atoms with Gasteiger partial charge in [0.15, 0.2) is 0 Å². The van der Waals surface area contributed by atoms with Crippen LogP contribution in [0.15, 0.2) is 48.5 Å². The summed E-state index contributed by atoms with van der Waals surface area (Å²) >= 11 is 0. The molecule has 0 aliphatic heterocycles. The van der Waals surface area contributed by atoms with Gasteiger partial charge in [0.05, 0.1) is 23.4 Å². The maximum atomic E-state index is 13.2. The quantitative estimate of drug-likeness (QED) is 0.445. The van der Waals surface area contributed by atoms with E-state index in [2.05, 4.69) is 12.2 Å². The van der Waals surface area contributed by atoms with Gasteiger partial charge in [-0.2, -0.15) is 0 Å². The topological polar surface area (TPSA) is 58.6 Å². The van der Waals surface area contributed by atoms with Gasteiger partial charge >= 0.3 is 0 Å². The molecule has 0 atom stereocenters. The van der Waals surface area contributed by atoms with Gasteiger partial charge < -0.3 is 15.0 Å². The molecule has 0 saturated heterocycles. The Hall–Kier alpha value is -2.82. The van der Waals surface area contributed by atoms with Crippen molar-refractivity contribution in [1.82, 2.24) is 4.90 Å².